The van der Waals surface area contributed by atoms with Crippen molar-refractivity contribution >= 4 is 15.9 Å². The molecular weight excluding hydrogens is 326 g/mol. The third kappa shape index (κ3) is 5.17. The second-order valence-electron chi connectivity index (χ2n) is 7.37. The Balaban J connectivity index is 1.81. The van der Waals surface area contributed by atoms with E-state index in [1.165, 1.54) is 19.1 Å². The molecule has 2 heterocycles. The summed E-state index contributed by atoms with van der Waals surface area (Å²) in [5.74, 6) is 1.24. The van der Waals surface area contributed by atoms with E-state index in [1.54, 1.807) is 4.31 Å². The molecule has 1 amide bonds. The van der Waals surface area contributed by atoms with Gasteiger partial charge in [-0.2, -0.15) is 4.31 Å². The predicted octanol–water partition coefficient (Wildman–Crippen LogP) is 1.28. The van der Waals surface area contributed by atoms with Gasteiger partial charge in [-0.3, -0.25) is 4.79 Å². The van der Waals surface area contributed by atoms with Crippen LogP contribution < -0.4 is 5.32 Å². The van der Waals surface area contributed by atoms with Gasteiger partial charge in [-0.15, -0.1) is 0 Å². The standard InChI is InChI=1S/C17H33N3O3S/c1-4-20(24(3,22)23)16-7-10-19(11-8-16)17(21)12-14(2)15-6-5-9-18-13-15/h14-16,18H,4-13H2,1-3H3. The molecule has 0 saturated carbocycles. The average Bonchev–Trinajstić information content (AvgIpc) is 2.55. The van der Waals surface area contributed by atoms with E-state index in [1.807, 2.05) is 11.8 Å². The molecule has 2 fully saturated rings. The van der Waals surface area contributed by atoms with Gasteiger partial charge in [-0.05, 0) is 50.6 Å². The second-order valence-corrected chi connectivity index (χ2v) is 9.30. The molecule has 140 valence electrons. The van der Waals surface area contributed by atoms with Gasteiger partial charge in [0.15, 0.2) is 0 Å². The van der Waals surface area contributed by atoms with E-state index in [0.29, 0.717) is 37.9 Å². The topological polar surface area (TPSA) is 69.7 Å². The normalized spacial score (nSPS) is 25.0. The number of piperidine rings is 2. The van der Waals surface area contributed by atoms with Crippen LogP contribution in [0, 0.1) is 11.8 Å². The number of nitrogens with one attached hydrogen (secondary N) is 1. The fraction of sp³-hybridized carbons (Fsp3) is 0.941. The molecule has 0 aromatic carbocycles. The molecule has 2 atom stereocenters. The molecule has 0 aromatic rings. The minimum Gasteiger partial charge on any atom is -0.343 e. The Kier molecular flexibility index (Phi) is 7.07. The minimum absolute atomic E-state index is 0.0361. The van der Waals surface area contributed by atoms with Gasteiger partial charge in [0.1, 0.15) is 0 Å². The molecule has 2 aliphatic rings. The molecule has 0 bridgehead atoms. The Labute approximate surface area is 147 Å². The van der Waals surface area contributed by atoms with E-state index in [-0.39, 0.29) is 11.9 Å². The van der Waals surface area contributed by atoms with E-state index in [9.17, 15) is 13.2 Å². The first-order valence-electron chi connectivity index (χ1n) is 9.28. The lowest BCUT2D eigenvalue weighted by molar-refractivity contribution is -0.133. The maximum atomic E-state index is 12.6. The summed E-state index contributed by atoms with van der Waals surface area (Å²) < 4.78 is 25.2. The van der Waals surface area contributed by atoms with Gasteiger partial charge < -0.3 is 10.2 Å². The molecule has 1 N–H and O–H groups in total. The Morgan fingerprint density at radius 1 is 1.29 bits per heavy atom. The Morgan fingerprint density at radius 3 is 2.46 bits per heavy atom. The molecule has 24 heavy (non-hydrogen) atoms. The number of nitrogens with zero attached hydrogens (tertiary/aromatic N) is 2. The van der Waals surface area contributed by atoms with E-state index in [4.69, 9.17) is 0 Å². The summed E-state index contributed by atoms with van der Waals surface area (Å²) in [7, 11) is -3.16. The van der Waals surface area contributed by atoms with Crippen molar-refractivity contribution < 1.29 is 13.2 Å². The number of sulfonamides is 1. The quantitative estimate of drug-likeness (QED) is 0.776. The summed E-state index contributed by atoms with van der Waals surface area (Å²) >= 11 is 0. The maximum absolute atomic E-state index is 12.6. The van der Waals surface area contributed by atoms with E-state index in [2.05, 4.69) is 12.2 Å². The van der Waals surface area contributed by atoms with Gasteiger partial charge in [0, 0.05) is 32.1 Å². The van der Waals surface area contributed by atoms with Crippen molar-refractivity contribution in [1.82, 2.24) is 14.5 Å². The van der Waals surface area contributed by atoms with Crippen LogP contribution in [0.1, 0.15) is 46.0 Å². The third-order valence-corrected chi connectivity index (χ3v) is 7.01. The van der Waals surface area contributed by atoms with Crippen molar-refractivity contribution in [2.75, 3.05) is 39.0 Å². The Bertz CT molecular complexity index is 509. The zero-order chi connectivity index (χ0) is 17.7. The van der Waals surface area contributed by atoms with Crippen LogP contribution in [0.25, 0.3) is 0 Å². The van der Waals surface area contributed by atoms with Gasteiger partial charge in [-0.25, -0.2) is 8.42 Å². The molecular formula is C17H33N3O3S. The molecule has 0 aliphatic carbocycles. The van der Waals surface area contributed by atoms with Crippen molar-refractivity contribution in [3.05, 3.63) is 0 Å². The van der Waals surface area contributed by atoms with Crippen LogP contribution in [0.2, 0.25) is 0 Å². The van der Waals surface area contributed by atoms with Crippen molar-refractivity contribution in [3.63, 3.8) is 0 Å². The van der Waals surface area contributed by atoms with Crippen molar-refractivity contribution in [3.8, 4) is 0 Å². The lowest BCUT2D eigenvalue weighted by Gasteiger charge is -2.37. The van der Waals surface area contributed by atoms with Crippen LogP contribution in [0.5, 0.6) is 0 Å². The number of carbonyl (C=O) groups is 1. The lowest BCUT2D eigenvalue weighted by Crippen LogP contribution is -2.48. The van der Waals surface area contributed by atoms with Crippen LogP contribution in [0.15, 0.2) is 0 Å². The summed E-state index contributed by atoms with van der Waals surface area (Å²) in [6.45, 7) is 8.03. The molecule has 7 heteroatoms. The van der Waals surface area contributed by atoms with E-state index in [0.717, 1.165) is 25.9 Å². The molecule has 2 saturated heterocycles. The van der Waals surface area contributed by atoms with Crippen LogP contribution in [0.3, 0.4) is 0 Å². The number of likely N-dealkylation sites (tertiary alicyclic amines) is 1. The van der Waals surface area contributed by atoms with Crippen LogP contribution >= 0.6 is 0 Å². The minimum atomic E-state index is -3.16. The highest BCUT2D eigenvalue weighted by Gasteiger charge is 2.31. The van der Waals surface area contributed by atoms with Crippen LogP contribution in [0.4, 0.5) is 0 Å². The average molecular weight is 360 g/mol. The number of rotatable bonds is 6. The number of hydrogen-bond donors (Lipinski definition) is 1. The summed E-state index contributed by atoms with van der Waals surface area (Å²) in [4.78, 5) is 14.5. The van der Waals surface area contributed by atoms with Crippen molar-refractivity contribution in [2.24, 2.45) is 11.8 Å². The molecule has 0 spiro atoms. The first-order chi connectivity index (χ1) is 11.3. The Hall–Kier alpha value is -0.660. The van der Waals surface area contributed by atoms with Gasteiger partial charge >= 0.3 is 0 Å². The molecule has 6 nitrogen and oxygen atoms in total. The highest BCUT2D eigenvalue weighted by atomic mass is 32.2. The molecule has 2 rings (SSSR count). The summed E-state index contributed by atoms with van der Waals surface area (Å²) in [6, 6.07) is 0.0361. The molecule has 0 aromatic heterocycles. The number of carbonyl (C=O) groups excluding carboxylic acids is 1. The fourth-order valence-electron chi connectivity index (χ4n) is 4.10. The van der Waals surface area contributed by atoms with Gasteiger partial charge in [0.25, 0.3) is 0 Å². The largest absolute Gasteiger partial charge is 0.343 e. The highest BCUT2D eigenvalue weighted by molar-refractivity contribution is 7.88. The second kappa shape index (κ2) is 8.63. The monoisotopic (exact) mass is 359 g/mol. The van der Waals surface area contributed by atoms with Gasteiger partial charge in [0.05, 0.1) is 6.26 Å². The predicted molar refractivity (Wildman–Crippen MR) is 96.2 cm³/mol. The number of hydrogen-bond acceptors (Lipinski definition) is 4. The fourth-order valence-corrected chi connectivity index (χ4v) is 5.32. The first-order valence-corrected chi connectivity index (χ1v) is 11.1. The van der Waals surface area contributed by atoms with Crippen LogP contribution in [-0.2, 0) is 14.8 Å². The molecule has 2 unspecified atom stereocenters. The van der Waals surface area contributed by atoms with E-state index >= 15 is 0 Å². The zero-order valence-corrected chi connectivity index (χ0v) is 16.1. The highest BCUT2D eigenvalue weighted by Crippen LogP contribution is 2.25. The maximum Gasteiger partial charge on any atom is 0.222 e. The third-order valence-electron chi connectivity index (χ3n) is 5.60. The zero-order valence-electron chi connectivity index (χ0n) is 15.3. The Morgan fingerprint density at radius 2 is 1.96 bits per heavy atom. The summed E-state index contributed by atoms with van der Waals surface area (Å²) in [5.41, 5.74) is 0. The SMILES string of the molecule is CCN(C1CCN(C(=O)CC(C)C2CCCNC2)CC1)S(C)(=O)=O. The molecule has 2 aliphatic heterocycles. The van der Waals surface area contributed by atoms with Crippen molar-refractivity contribution in [1.29, 1.82) is 0 Å². The van der Waals surface area contributed by atoms with Gasteiger partial charge in [0.2, 0.25) is 15.9 Å². The van der Waals surface area contributed by atoms with Crippen LogP contribution in [-0.4, -0.2) is 68.6 Å². The summed E-state index contributed by atoms with van der Waals surface area (Å²) in [6.07, 6.45) is 5.78. The van der Waals surface area contributed by atoms with Crippen molar-refractivity contribution in [2.45, 2.75) is 52.0 Å². The smallest absolute Gasteiger partial charge is 0.222 e. The van der Waals surface area contributed by atoms with Gasteiger partial charge in [-0.1, -0.05) is 13.8 Å². The lowest BCUT2D eigenvalue weighted by atomic mass is 9.85. The summed E-state index contributed by atoms with van der Waals surface area (Å²) in [5, 5.41) is 3.42. The number of amides is 1. The first kappa shape index (κ1) is 19.7. The van der Waals surface area contributed by atoms with E-state index < -0.39 is 10.0 Å². The molecule has 0 radical (unpaired) electrons.